The van der Waals surface area contributed by atoms with Crippen molar-refractivity contribution in [2.24, 2.45) is 0 Å². The zero-order valence-corrected chi connectivity index (χ0v) is 9.36. The van der Waals surface area contributed by atoms with E-state index in [1.165, 1.54) is 13.8 Å². The molecule has 16 heavy (non-hydrogen) atoms. The molecule has 2 N–H and O–H groups in total. The van der Waals surface area contributed by atoms with E-state index in [1.807, 2.05) is 0 Å². The molecule has 0 aromatic heterocycles. The fourth-order valence-electron chi connectivity index (χ4n) is 0.414. The Morgan fingerprint density at radius 2 is 1.69 bits per heavy atom. The maximum Gasteiger partial charge on any atom is 0.330 e. The molecule has 0 aromatic rings. The second-order valence-electron chi connectivity index (χ2n) is 2.91. The third kappa shape index (κ3) is 14.8. The number of aliphatic hydroxyl groups excluding tert-OH is 1. The summed E-state index contributed by atoms with van der Waals surface area (Å²) in [6.07, 6.45) is -0.208. The molecule has 0 rings (SSSR count). The summed E-state index contributed by atoms with van der Waals surface area (Å²) in [4.78, 5) is 30.3. The third-order valence-electron chi connectivity index (χ3n) is 1.11. The average Bonchev–Trinajstić information content (AvgIpc) is 2.14. The minimum absolute atomic E-state index is 0.0356. The SMILES string of the molecule is C=C(C)C(=O)O.CC(=O)CC(=O)OCCO. The van der Waals surface area contributed by atoms with E-state index in [9.17, 15) is 14.4 Å². The number of ketones is 1. The second-order valence-corrected chi connectivity index (χ2v) is 2.91. The molecule has 0 bridgehead atoms. The molecule has 0 heterocycles. The first-order valence-electron chi connectivity index (χ1n) is 4.46. The van der Waals surface area contributed by atoms with Crippen LogP contribution < -0.4 is 0 Å². The Kier molecular flexibility index (Phi) is 10.3. The molecule has 0 amide bonds. The third-order valence-corrected chi connectivity index (χ3v) is 1.11. The van der Waals surface area contributed by atoms with Crippen molar-refractivity contribution in [3.63, 3.8) is 0 Å². The van der Waals surface area contributed by atoms with Gasteiger partial charge in [0.25, 0.3) is 0 Å². The molecule has 0 spiro atoms. The average molecular weight is 232 g/mol. The van der Waals surface area contributed by atoms with Gasteiger partial charge in [-0.05, 0) is 13.8 Å². The van der Waals surface area contributed by atoms with Gasteiger partial charge in [-0.25, -0.2) is 4.79 Å². The normalized spacial score (nSPS) is 8.44. The summed E-state index contributed by atoms with van der Waals surface area (Å²) in [5.41, 5.74) is 0.176. The Morgan fingerprint density at radius 1 is 1.25 bits per heavy atom. The minimum Gasteiger partial charge on any atom is -0.478 e. The molecular formula is C10H16O6. The molecule has 0 radical (unpaired) electrons. The first kappa shape index (κ1) is 16.7. The predicted molar refractivity (Wildman–Crippen MR) is 55.8 cm³/mol. The van der Waals surface area contributed by atoms with Crippen LogP contribution in [0.2, 0.25) is 0 Å². The van der Waals surface area contributed by atoms with Crippen molar-refractivity contribution in [1.82, 2.24) is 0 Å². The van der Waals surface area contributed by atoms with E-state index in [0.717, 1.165) is 0 Å². The molecule has 0 saturated carbocycles. The number of carbonyl (C=O) groups is 3. The number of carboxylic acid groups (broad SMARTS) is 1. The number of Topliss-reactive ketones (excluding diaryl/α,β-unsaturated/α-hetero) is 1. The van der Waals surface area contributed by atoms with Crippen molar-refractivity contribution in [3.8, 4) is 0 Å². The number of aliphatic carboxylic acids is 1. The van der Waals surface area contributed by atoms with Gasteiger partial charge in [0.1, 0.15) is 18.8 Å². The Morgan fingerprint density at radius 3 is 1.94 bits per heavy atom. The van der Waals surface area contributed by atoms with E-state index in [0.29, 0.717) is 0 Å². The lowest BCUT2D eigenvalue weighted by atomic mass is 10.3. The Hall–Kier alpha value is -1.69. The number of ether oxygens (including phenoxy) is 1. The number of hydrogen-bond donors (Lipinski definition) is 2. The van der Waals surface area contributed by atoms with Gasteiger partial charge in [-0.15, -0.1) is 0 Å². The second kappa shape index (κ2) is 9.85. The van der Waals surface area contributed by atoms with E-state index in [1.54, 1.807) is 0 Å². The molecule has 0 fully saturated rings. The molecule has 0 aliphatic carbocycles. The van der Waals surface area contributed by atoms with Crippen molar-refractivity contribution in [2.75, 3.05) is 13.2 Å². The van der Waals surface area contributed by atoms with Crippen molar-refractivity contribution < 1.29 is 29.3 Å². The highest BCUT2D eigenvalue weighted by Gasteiger charge is 2.04. The van der Waals surface area contributed by atoms with Crippen molar-refractivity contribution in [1.29, 1.82) is 0 Å². The van der Waals surface area contributed by atoms with Crippen LogP contribution in [-0.2, 0) is 19.1 Å². The first-order valence-corrected chi connectivity index (χ1v) is 4.46. The number of esters is 1. The summed E-state index contributed by atoms with van der Waals surface area (Å²) in [7, 11) is 0. The van der Waals surface area contributed by atoms with Crippen LogP contribution in [0.1, 0.15) is 20.3 Å². The van der Waals surface area contributed by atoms with Gasteiger partial charge in [0.05, 0.1) is 6.61 Å². The minimum atomic E-state index is -0.935. The number of rotatable bonds is 5. The van der Waals surface area contributed by atoms with Gasteiger partial charge in [-0.3, -0.25) is 9.59 Å². The summed E-state index contributed by atoms with van der Waals surface area (Å²) in [6, 6.07) is 0. The van der Waals surface area contributed by atoms with Crippen LogP contribution in [-0.4, -0.2) is 41.1 Å². The number of aliphatic hydroxyl groups is 1. The standard InChI is InChI=1S/C6H10O4.C4H6O2/c1-5(8)4-6(9)10-3-2-7;1-3(2)4(5)6/h7H,2-4H2,1H3;1H2,2H3,(H,5,6). The van der Waals surface area contributed by atoms with Crippen LogP contribution in [0.15, 0.2) is 12.2 Å². The van der Waals surface area contributed by atoms with E-state index >= 15 is 0 Å². The molecule has 0 aliphatic rings. The summed E-state index contributed by atoms with van der Waals surface area (Å²) in [5.74, 6) is -1.75. The highest BCUT2D eigenvalue weighted by molar-refractivity contribution is 5.94. The molecule has 0 saturated heterocycles. The highest BCUT2D eigenvalue weighted by atomic mass is 16.5. The molecular weight excluding hydrogens is 216 g/mol. The van der Waals surface area contributed by atoms with Crippen LogP contribution in [0.4, 0.5) is 0 Å². The van der Waals surface area contributed by atoms with Gasteiger partial charge < -0.3 is 14.9 Å². The van der Waals surface area contributed by atoms with Gasteiger partial charge in [0.15, 0.2) is 0 Å². The molecule has 0 aromatic carbocycles. The van der Waals surface area contributed by atoms with Gasteiger partial charge in [-0.1, -0.05) is 6.58 Å². The fourth-order valence-corrected chi connectivity index (χ4v) is 0.414. The molecule has 0 atom stereocenters. The summed E-state index contributed by atoms with van der Waals surface area (Å²) in [5, 5.41) is 16.1. The summed E-state index contributed by atoms with van der Waals surface area (Å²) in [6.45, 7) is 5.67. The predicted octanol–water partition coefficient (Wildman–Crippen LogP) is 0.148. The lowest BCUT2D eigenvalue weighted by Gasteiger charge is -1.98. The Labute approximate surface area is 93.5 Å². The number of hydrogen-bond acceptors (Lipinski definition) is 5. The monoisotopic (exact) mass is 232 g/mol. The Bertz CT molecular complexity index is 256. The van der Waals surface area contributed by atoms with Crippen LogP contribution in [0.25, 0.3) is 0 Å². The largest absolute Gasteiger partial charge is 0.478 e. The van der Waals surface area contributed by atoms with Gasteiger partial charge in [-0.2, -0.15) is 0 Å². The van der Waals surface area contributed by atoms with E-state index in [4.69, 9.17) is 10.2 Å². The zero-order valence-electron chi connectivity index (χ0n) is 9.36. The molecule has 6 heteroatoms. The van der Waals surface area contributed by atoms with Crippen LogP contribution in [0.3, 0.4) is 0 Å². The van der Waals surface area contributed by atoms with Crippen LogP contribution >= 0.6 is 0 Å². The number of carboxylic acids is 1. The zero-order chi connectivity index (χ0) is 13.1. The quantitative estimate of drug-likeness (QED) is 0.397. The summed E-state index contributed by atoms with van der Waals surface area (Å²) < 4.78 is 4.39. The van der Waals surface area contributed by atoms with Crippen molar-refractivity contribution in [3.05, 3.63) is 12.2 Å². The molecule has 6 nitrogen and oxygen atoms in total. The fraction of sp³-hybridized carbons (Fsp3) is 0.500. The van der Waals surface area contributed by atoms with Gasteiger partial charge >= 0.3 is 11.9 Å². The van der Waals surface area contributed by atoms with Crippen LogP contribution in [0.5, 0.6) is 0 Å². The van der Waals surface area contributed by atoms with Crippen LogP contribution in [0, 0.1) is 0 Å². The lowest BCUT2D eigenvalue weighted by molar-refractivity contribution is -0.146. The highest BCUT2D eigenvalue weighted by Crippen LogP contribution is 1.86. The lowest BCUT2D eigenvalue weighted by Crippen LogP contribution is -2.11. The van der Waals surface area contributed by atoms with Gasteiger partial charge in [0.2, 0.25) is 0 Å². The topological polar surface area (TPSA) is 101 Å². The van der Waals surface area contributed by atoms with Crippen molar-refractivity contribution in [2.45, 2.75) is 20.3 Å². The summed E-state index contributed by atoms with van der Waals surface area (Å²) >= 11 is 0. The van der Waals surface area contributed by atoms with Gasteiger partial charge in [0, 0.05) is 5.57 Å². The maximum absolute atomic E-state index is 10.5. The van der Waals surface area contributed by atoms with Crippen molar-refractivity contribution >= 4 is 17.7 Å². The van der Waals surface area contributed by atoms with E-state index in [-0.39, 0.29) is 31.0 Å². The smallest absolute Gasteiger partial charge is 0.330 e. The maximum atomic E-state index is 10.5. The molecule has 0 aliphatic heterocycles. The van der Waals surface area contributed by atoms with E-state index in [2.05, 4.69) is 11.3 Å². The molecule has 92 valence electrons. The first-order chi connectivity index (χ1) is 7.31. The van der Waals surface area contributed by atoms with E-state index < -0.39 is 11.9 Å². The Balaban J connectivity index is 0. The molecule has 0 unspecified atom stereocenters. The number of carbonyl (C=O) groups excluding carboxylic acids is 2.